The Morgan fingerprint density at radius 3 is 2.23 bits per heavy atom. The smallest absolute Gasteiger partial charge is 0.354 e. The molecule has 1 aliphatic rings. The predicted molar refractivity (Wildman–Crippen MR) is 116 cm³/mol. The van der Waals surface area contributed by atoms with Crippen LogP contribution in [0.1, 0.15) is 13.8 Å². The minimum atomic E-state index is -4.64. The summed E-state index contributed by atoms with van der Waals surface area (Å²) in [5.74, 6) is 1.06. The summed E-state index contributed by atoms with van der Waals surface area (Å²) < 4.78 is 31.2. The van der Waals surface area contributed by atoms with E-state index < -0.39 is 12.5 Å². The van der Waals surface area contributed by atoms with Crippen LogP contribution in [0.15, 0.2) is 54.7 Å². The number of carbonyl (C=O) groups excluding carboxylic acids is 1. The van der Waals surface area contributed by atoms with Gasteiger partial charge in [0.25, 0.3) is 0 Å². The molecule has 1 saturated heterocycles. The van der Waals surface area contributed by atoms with Crippen molar-refractivity contribution in [2.24, 2.45) is 0 Å². The Morgan fingerprint density at radius 2 is 1.65 bits per heavy atom. The lowest BCUT2D eigenvalue weighted by molar-refractivity contribution is -0.156. The van der Waals surface area contributed by atoms with Crippen LogP contribution in [-0.4, -0.2) is 59.6 Å². The average molecular weight is 430 g/mol. The zero-order valence-corrected chi connectivity index (χ0v) is 17.5. The van der Waals surface area contributed by atoms with Crippen LogP contribution in [0.5, 0.6) is 0 Å². The topological polar surface area (TPSA) is 49.3 Å². The molecular formula is C23H25F3N4O. The molecule has 1 fully saturated rings. The van der Waals surface area contributed by atoms with Crippen LogP contribution in [0.4, 0.5) is 19.0 Å². The van der Waals surface area contributed by atoms with Gasteiger partial charge in [-0.05, 0) is 38.1 Å². The quantitative estimate of drug-likeness (QED) is 0.570. The van der Waals surface area contributed by atoms with E-state index in [-0.39, 0.29) is 0 Å². The third-order valence-electron chi connectivity index (χ3n) is 5.14. The zero-order chi connectivity index (χ0) is 22.4. The minimum absolute atomic E-state index is 0.622. The van der Waals surface area contributed by atoms with Gasteiger partial charge in [-0.15, -0.1) is 0 Å². The summed E-state index contributed by atoms with van der Waals surface area (Å²) in [6.45, 7) is 8.82. The molecule has 3 aromatic rings. The number of rotatable bonds is 3. The first-order chi connectivity index (χ1) is 14.8. The number of nitrogens with zero attached hydrogens (tertiary/aromatic N) is 4. The normalized spacial score (nSPS) is 15.0. The van der Waals surface area contributed by atoms with Crippen LogP contribution in [0.25, 0.3) is 22.2 Å². The largest absolute Gasteiger partial charge is 0.446 e. The summed E-state index contributed by atoms with van der Waals surface area (Å²) >= 11 is 0. The number of benzene rings is 1. The number of pyridine rings is 2. The van der Waals surface area contributed by atoms with Crippen LogP contribution < -0.4 is 4.90 Å². The van der Waals surface area contributed by atoms with E-state index in [1.165, 1.54) is 5.39 Å². The number of piperazine rings is 1. The number of anilines is 1. The van der Waals surface area contributed by atoms with Gasteiger partial charge in [-0.2, -0.15) is 13.2 Å². The lowest BCUT2D eigenvalue weighted by Crippen LogP contribution is -2.49. The van der Waals surface area contributed by atoms with Crippen molar-refractivity contribution in [1.29, 1.82) is 0 Å². The van der Waals surface area contributed by atoms with Gasteiger partial charge in [0.05, 0.1) is 11.2 Å². The van der Waals surface area contributed by atoms with E-state index in [1.54, 1.807) is 0 Å². The van der Waals surface area contributed by atoms with E-state index in [2.05, 4.69) is 60.0 Å². The Balaban J connectivity index is 0.000000401. The molecule has 0 bridgehead atoms. The molecule has 164 valence electrons. The maximum absolute atomic E-state index is 10.4. The van der Waals surface area contributed by atoms with Gasteiger partial charge in [0.2, 0.25) is 6.29 Å². The minimum Gasteiger partial charge on any atom is -0.354 e. The maximum Gasteiger partial charge on any atom is 0.446 e. The number of hydrogen-bond acceptors (Lipinski definition) is 5. The average Bonchev–Trinajstić information content (AvgIpc) is 2.79. The van der Waals surface area contributed by atoms with Crippen molar-refractivity contribution in [3.8, 4) is 11.3 Å². The Kier molecular flexibility index (Phi) is 7.22. The van der Waals surface area contributed by atoms with Gasteiger partial charge in [-0.3, -0.25) is 9.69 Å². The molecule has 5 nitrogen and oxygen atoms in total. The zero-order valence-electron chi connectivity index (χ0n) is 17.5. The SMILES string of the molecule is CC(C)N1CCN(c2ccc(-c3ccc4ccccc4n3)cn2)CC1.O=CC(F)(F)F. The summed E-state index contributed by atoms with van der Waals surface area (Å²) in [5.41, 5.74) is 3.06. The van der Waals surface area contributed by atoms with Crippen LogP contribution in [0.3, 0.4) is 0 Å². The lowest BCUT2D eigenvalue weighted by Gasteiger charge is -2.37. The van der Waals surface area contributed by atoms with Crippen molar-refractivity contribution in [1.82, 2.24) is 14.9 Å². The van der Waals surface area contributed by atoms with E-state index in [0.717, 1.165) is 48.8 Å². The molecule has 0 radical (unpaired) electrons. The van der Waals surface area contributed by atoms with Gasteiger partial charge in [0.1, 0.15) is 5.82 Å². The third-order valence-corrected chi connectivity index (χ3v) is 5.14. The number of fused-ring (bicyclic) bond motifs is 1. The first-order valence-electron chi connectivity index (χ1n) is 10.1. The lowest BCUT2D eigenvalue weighted by atomic mass is 10.1. The van der Waals surface area contributed by atoms with Crippen molar-refractivity contribution < 1.29 is 18.0 Å². The van der Waals surface area contributed by atoms with Crippen LogP contribution in [-0.2, 0) is 4.79 Å². The molecule has 31 heavy (non-hydrogen) atoms. The van der Waals surface area contributed by atoms with Crippen molar-refractivity contribution in [3.63, 3.8) is 0 Å². The predicted octanol–water partition coefficient (Wildman–Crippen LogP) is 4.57. The molecule has 0 amide bonds. The highest BCUT2D eigenvalue weighted by atomic mass is 19.4. The van der Waals surface area contributed by atoms with Gasteiger partial charge >= 0.3 is 6.18 Å². The van der Waals surface area contributed by atoms with Gasteiger partial charge in [-0.1, -0.05) is 24.3 Å². The number of aromatic nitrogens is 2. The number of carbonyl (C=O) groups is 1. The van der Waals surface area contributed by atoms with Crippen LogP contribution >= 0.6 is 0 Å². The van der Waals surface area contributed by atoms with Crippen LogP contribution in [0, 0.1) is 0 Å². The fourth-order valence-corrected chi connectivity index (χ4v) is 3.42. The fourth-order valence-electron chi connectivity index (χ4n) is 3.42. The van der Waals surface area contributed by atoms with Crippen LogP contribution in [0.2, 0.25) is 0 Å². The molecular weight excluding hydrogens is 405 g/mol. The maximum atomic E-state index is 10.4. The Morgan fingerprint density at radius 1 is 0.968 bits per heavy atom. The third kappa shape index (κ3) is 6.24. The second kappa shape index (κ2) is 9.87. The summed E-state index contributed by atoms with van der Waals surface area (Å²) in [7, 11) is 0. The molecule has 2 aromatic heterocycles. The first kappa shape index (κ1) is 22.7. The van der Waals surface area contributed by atoms with Crippen molar-refractivity contribution in [2.75, 3.05) is 31.1 Å². The number of alkyl halides is 3. The van der Waals surface area contributed by atoms with Gasteiger partial charge in [0, 0.05) is 49.4 Å². The second-order valence-electron chi connectivity index (χ2n) is 7.57. The van der Waals surface area contributed by atoms with Gasteiger partial charge < -0.3 is 4.90 Å². The number of halogens is 3. The van der Waals surface area contributed by atoms with Crippen molar-refractivity contribution >= 4 is 23.0 Å². The highest BCUT2D eigenvalue weighted by molar-refractivity contribution is 5.81. The molecule has 1 aromatic carbocycles. The van der Waals surface area contributed by atoms with Gasteiger partial charge in [0.15, 0.2) is 0 Å². The molecule has 0 atom stereocenters. The summed E-state index contributed by atoms with van der Waals surface area (Å²) in [4.78, 5) is 23.0. The summed E-state index contributed by atoms with van der Waals surface area (Å²) in [5, 5.41) is 1.17. The summed E-state index contributed by atoms with van der Waals surface area (Å²) in [6, 6.07) is 17.3. The Labute approximate surface area is 179 Å². The molecule has 0 aliphatic carbocycles. The van der Waals surface area contributed by atoms with Crippen molar-refractivity contribution in [3.05, 3.63) is 54.7 Å². The van der Waals surface area contributed by atoms with E-state index in [0.29, 0.717) is 6.04 Å². The molecule has 4 rings (SSSR count). The van der Waals surface area contributed by atoms with Gasteiger partial charge in [-0.25, -0.2) is 9.97 Å². The molecule has 0 saturated carbocycles. The Hall–Kier alpha value is -3.00. The standard InChI is InChI=1S/C21H24N4.C2HF3O/c1-16(2)24-11-13-25(14-12-24)21-10-8-18(15-22-21)20-9-7-17-5-3-4-6-19(17)23-20;3-2(4,5)1-6/h3-10,15-16H,11-14H2,1-2H3;1H. The van der Waals surface area contributed by atoms with E-state index in [1.807, 2.05) is 18.3 Å². The Bertz CT molecular complexity index is 998. The number of aldehydes is 1. The van der Waals surface area contributed by atoms with E-state index >= 15 is 0 Å². The fraction of sp³-hybridized carbons (Fsp3) is 0.348. The molecule has 0 spiro atoms. The van der Waals surface area contributed by atoms with Crippen molar-refractivity contribution in [2.45, 2.75) is 26.1 Å². The number of para-hydroxylation sites is 1. The monoisotopic (exact) mass is 430 g/mol. The highest BCUT2D eigenvalue weighted by Crippen LogP contribution is 2.23. The highest BCUT2D eigenvalue weighted by Gasteiger charge is 2.25. The molecule has 3 heterocycles. The molecule has 0 N–H and O–H groups in total. The number of hydrogen-bond donors (Lipinski definition) is 0. The molecule has 0 unspecified atom stereocenters. The molecule has 8 heteroatoms. The second-order valence-corrected chi connectivity index (χ2v) is 7.57. The van der Waals surface area contributed by atoms with E-state index in [9.17, 15) is 13.2 Å². The van der Waals surface area contributed by atoms with E-state index in [4.69, 9.17) is 14.8 Å². The molecule has 1 aliphatic heterocycles. The first-order valence-corrected chi connectivity index (χ1v) is 10.1. The summed E-state index contributed by atoms with van der Waals surface area (Å²) in [6.07, 6.45) is -3.76.